The maximum absolute atomic E-state index is 5.50. The first-order chi connectivity index (χ1) is 8.78. The molecule has 1 fully saturated rings. The van der Waals surface area contributed by atoms with E-state index in [4.69, 9.17) is 4.74 Å². The van der Waals surface area contributed by atoms with Gasteiger partial charge >= 0.3 is 0 Å². The van der Waals surface area contributed by atoms with E-state index in [2.05, 4.69) is 29.7 Å². The molecule has 0 aromatic heterocycles. The molecule has 2 rings (SSSR count). The zero-order chi connectivity index (χ0) is 12.8. The van der Waals surface area contributed by atoms with Gasteiger partial charge in [-0.05, 0) is 38.8 Å². The van der Waals surface area contributed by atoms with E-state index in [0.29, 0.717) is 18.7 Å². The van der Waals surface area contributed by atoms with Crippen LogP contribution in [0, 0.1) is 0 Å². The molecule has 1 heterocycles. The van der Waals surface area contributed by atoms with E-state index >= 15 is 0 Å². The van der Waals surface area contributed by atoms with E-state index < -0.39 is 0 Å². The van der Waals surface area contributed by atoms with Gasteiger partial charge in [0.1, 0.15) is 5.75 Å². The Bertz CT molecular complexity index is 367. The molecule has 3 nitrogen and oxygen atoms in total. The monoisotopic (exact) mass is 248 g/mol. The Kier molecular flexibility index (Phi) is 4.88. The third-order valence-electron chi connectivity index (χ3n) is 3.41. The summed E-state index contributed by atoms with van der Waals surface area (Å²) in [5.41, 5.74) is 1.14. The van der Waals surface area contributed by atoms with Crippen LogP contribution in [0.3, 0.4) is 0 Å². The topological polar surface area (TPSA) is 33.3 Å². The number of hydrogen-bond acceptors (Lipinski definition) is 3. The molecule has 2 atom stereocenters. The number of piperidine rings is 1. The van der Waals surface area contributed by atoms with Gasteiger partial charge in [-0.15, -0.1) is 0 Å². The number of nitrogens with one attached hydrogen (secondary N) is 2. The Morgan fingerprint density at radius 3 is 3.06 bits per heavy atom. The molecule has 1 aliphatic rings. The van der Waals surface area contributed by atoms with Gasteiger partial charge in [-0.25, -0.2) is 0 Å². The first-order valence-electron chi connectivity index (χ1n) is 7.00. The highest BCUT2D eigenvalue weighted by Gasteiger charge is 2.17. The molecule has 1 aliphatic heterocycles. The van der Waals surface area contributed by atoms with Gasteiger partial charge in [-0.3, -0.25) is 0 Å². The van der Waals surface area contributed by atoms with Crippen molar-refractivity contribution in [2.24, 2.45) is 0 Å². The van der Waals surface area contributed by atoms with Crippen molar-refractivity contribution in [1.82, 2.24) is 5.32 Å². The highest BCUT2D eigenvalue weighted by molar-refractivity contribution is 5.48. The summed E-state index contributed by atoms with van der Waals surface area (Å²) < 4.78 is 5.50. The summed E-state index contributed by atoms with van der Waals surface area (Å²) in [6.07, 6.45) is 3.90. The van der Waals surface area contributed by atoms with Crippen LogP contribution in [-0.4, -0.2) is 25.2 Å². The normalized spacial score (nSPS) is 23.7. The number of anilines is 1. The predicted octanol–water partition coefficient (Wildman–Crippen LogP) is 3.03. The smallest absolute Gasteiger partial charge is 0.121 e. The third-order valence-corrected chi connectivity index (χ3v) is 3.41. The van der Waals surface area contributed by atoms with Gasteiger partial charge in [0.05, 0.1) is 6.61 Å². The molecule has 2 N–H and O–H groups in total. The molecule has 0 radical (unpaired) electrons. The summed E-state index contributed by atoms with van der Waals surface area (Å²) in [6.45, 7) is 5.97. The lowest BCUT2D eigenvalue weighted by atomic mass is 9.99. The van der Waals surface area contributed by atoms with Crippen molar-refractivity contribution in [3.8, 4) is 5.75 Å². The van der Waals surface area contributed by atoms with Crippen molar-refractivity contribution in [3.63, 3.8) is 0 Å². The standard InChI is InChI=1S/C15H24N2O/c1-3-18-15-9-5-7-13(10-15)16-11-14-8-4-6-12(2)17-14/h5,7,9-10,12,14,16-17H,3-4,6,8,11H2,1-2H3. The van der Waals surface area contributed by atoms with Crippen LogP contribution in [0.25, 0.3) is 0 Å². The minimum absolute atomic E-state index is 0.587. The quantitative estimate of drug-likeness (QED) is 0.840. The highest BCUT2D eigenvalue weighted by Crippen LogP contribution is 2.18. The molecule has 0 amide bonds. The first-order valence-corrected chi connectivity index (χ1v) is 7.00. The Morgan fingerprint density at radius 1 is 1.39 bits per heavy atom. The van der Waals surface area contributed by atoms with Crippen LogP contribution in [0.5, 0.6) is 5.75 Å². The molecule has 0 spiro atoms. The summed E-state index contributed by atoms with van der Waals surface area (Å²) in [5, 5.41) is 7.12. The minimum Gasteiger partial charge on any atom is -0.494 e. The molecule has 0 bridgehead atoms. The molecule has 1 aromatic carbocycles. The zero-order valence-corrected chi connectivity index (χ0v) is 11.4. The van der Waals surface area contributed by atoms with Crippen LogP contribution in [0.15, 0.2) is 24.3 Å². The van der Waals surface area contributed by atoms with Crippen LogP contribution in [0.4, 0.5) is 5.69 Å². The Morgan fingerprint density at radius 2 is 2.28 bits per heavy atom. The van der Waals surface area contributed by atoms with Gasteiger partial charge in [-0.2, -0.15) is 0 Å². The molecule has 2 unspecified atom stereocenters. The van der Waals surface area contributed by atoms with Gasteiger partial charge in [-0.1, -0.05) is 12.5 Å². The summed E-state index contributed by atoms with van der Waals surface area (Å²) in [7, 11) is 0. The molecule has 0 aliphatic carbocycles. The number of benzene rings is 1. The summed E-state index contributed by atoms with van der Waals surface area (Å²) in [4.78, 5) is 0. The van der Waals surface area contributed by atoms with Crippen molar-refractivity contribution in [2.45, 2.75) is 45.2 Å². The van der Waals surface area contributed by atoms with Crippen molar-refractivity contribution in [2.75, 3.05) is 18.5 Å². The first kappa shape index (κ1) is 13.2. The van der Waals surface area contributed by atoms with Crippen molar-refractivity contribution >= 4 is 5.69 Å². The summed E-state index contributed by atoms with van der Waals surface area (Å²) in [5.74, 6) is 0.937. The Labute approximate surface area is 110 Å². The van der Waals surface area contributed by atoms with E-state index in [-0.39, 0.29) is 0 Å². The summed E-state index contributed by atoms with van der Waals surface area (Å²) in [6, 6.07) is 9.43. The van der Waals surface area contributed by atoms with Crippen LogP contribution in [0.1, 0.15) is 33.1 Å². The van der Waals surface area contributed by atoms with Gasteiger partial charge in [0.15, 0.2) is 0 Å². The molecule has 0 saturated carbocycles. The molecular formula is C15H24N2O. The fraction of sp³-hybridized carbons (Fsp3) is 0.600. The van der Waals surface area contributed by atoms with Crippen LogP contribution >= 0.6 is 0 Å². The average Bonchev–Trinajstić information content (AvgIpc) is 2.37. The van der Waals surface area contributed by atoms with E-state index in [1.54, 1.807) is 0 Å². The van der Waals surface area contributed by atoms with E-state index in [9.17, 15) is 0 Å². The van der Waals surface area contributed by atoms with Crippen molar-refractivity contribution in [3.05, 3.63) is 24.3 Å². The SMILES string of the molecule is CCOc1cccc(NCC2CCCC(C)N2)c1. The number of rotatable bonds is 5. The van der Waals surface area contributed by atoms with Crippen molar-refractivity contribution in [1.29, 1.82) is 0 Å². The lowest BCUT2D eigenvalue weighted by molar-refractivity contribution is 0.339. The second kappa shape index (κ2) is 6.64. The number of ether oxygens (including phenoxy) is 1. The molecule has 100 valence electrons. The maximum Gasteiger partial charge on any atom is 0.121 e. The Hall–Kier alpha value is -1.22. The van der Waals surface area contributed by atoms with E-state index in [1.807, 2.05) is 19.1 Å². The fourth-order valence-electron chi connectivity index (χ4n) is 2.50. The van der Waals surface area contributed by atoms with E-state index in [1.165, 1.54) is 19.3 Å². The third kappa shape index (κ3) is 3.91. The van der Waals surface area contributed by atoms with Gasteiger partial charge in [0, 0.05) is 30.4 Å². The minimum atomic E-state index is 0.587. The number of hydrogen-bond donors (Lipinski definition) is 2. The van der Waals surface area contributed by atoms with Crippen LogP contribution < -0.4 is 15.4 Å². The van der Waals surface area contributed by atoms with Crippen molar-refractivity contribution < 1.29 is 4.74 Å². The maximum atomic E-state index is 5.50. The lowest BCUT2D eigenvalue weighted by Crippen LogP contribution is -2.44. The second-order valence-electron chi connectivity index (χ2n) is 5.04. The Balaban J connectivity index is 1.83. The lowest BCUT2D eigenvalue weighted by Gasteiger charge is -2.29. The van der Waals surface area contributed by atoms with Crippen LogP contribution in [-0.2, 0) is 0 Å². The zero-order valence-electron chi connectivity index (χ0n) is 11.4. The molecule has 18 heavy (non-hydrogen) atoms. The van der Waals surface area contributed by atoms with Gasteiger partial charge in [0.25, 0.3) is 0 Å². The molecule has 1 saturated heterocycles. The molecular weight excluding hydrogens is 224 g/mol. The molecule has 3 heteroatoms. The predicted molar refractivity (Wildman–Crippen MR) is 76.3 cm³/mol. The largest absolute Gasteiger partial charge is 0.494 e. The second-order valence-corrected chi connectivity index (χ2v) is 5.04. The van der Waals surface area contributed by atoms with E-state index in [0.717, 1.165) is 18.0 Å². The average molecular weight is 248 g/mol. The van der Waals surface area contributed by atoms with Gasteiger partial charge < -0.3 is 15.4 Å². The summed E-state index contributed by atoms with van der Waals surface area (Å²) >= 11 is 0. The molecule has 1 aromatic rings. The van der Waals surface area contributed by atoms with Gasteiger partial charge in [0.2, 0.25) is 0 Å². The van der Waals surface area contributed by atoms with Crippen LogP contribution in [0.2, 0.25) is 0 Å². The highest BCUT2D eigenvalue weighted by atomic mass is 16.5. The fourth-order valence-corrected chi connectivity index (χ4v) is 2.50.